The average molecular weight is 418 g/mol. The zero-order valence-corrected chi connectivity index (χ0v) is 16.9. The fourth-order valence-electron chi connectivity index (χ4n) is 2.77. The van der Waals surface area contributed by atoms with Gasteiger partial charge in [0.15, 0.2) is 0 Å². The van der Waals surface area contributed by atoms with Crippen LogP contribution in [-0.4, -0.2) is 27.7 Å². The number of anilines is 4. The van der Waals surface area contributed by atoms with E-state index in [1.807, 2.05) is 37.0 Å². The zero-order valence-electron chi connectivity index (χ0n) is 19.2. The molecule has 9 heteroatoms. The van der Waals surface area contributed by atoms with E-state index in [9.17, 15) is 4.79 Å². The second-order valence-electron chi connectivity index (χ2n) is 6.59. The number of benzene rings is 1. The lowest BCUT2D eigenvalue weighted by atomic mass is 10.1. The Kier molecular flexibility index (Phi) is 5.18. The quantitative estimate of drug-likeness (QED) is 0.486. The van der Waals surface area contributed by atoms with E-state index < -0.39 is 12.9 Å². The van der Waals surface area contributed by atoms with Gasteiger partial charge in [-0.3, -0.25) is 9.63 Å². The van der Waals surface area contributed by atoms with E-state index in [1.165, 1.54) is 12.3 Å². The molecule has 3 N–H and O–H groups in total. The Morgan fingerprint density at radius 2 is 2.03 bits per heavy atom. The van der Waals surface area contributed by atoms with Gasteiger partial charge in [-0.1, -0.05) is 23.7 Å². The van der Waals surface area contributed by atoms with Crippen LogP contribution < -0.4 is 16.1 Å². The van der Waals surface area contributed by atoms with Crippen molar-refractivity contribution >= 4 is 40.5 Å². The van der Waals surface area contributed by atoms with Gasteiger partial charge in [0.25, 0.3) is 5.91 Å². The maximum atomic E-state index is 12.4. The first-order valence-electron chi connectivity index (χ1n) is 10.4. The number of hydroxylamine groups is 1. The lowest BCUT2D eigenvalue weighted by Gasteiger charge is -2.15. The molecule has 0 aliphatic rings. The van der Waals surface area contributed by atoms with Crippen LogP contribution in [0.15, 0.2) is 42.6 Å². The van der Waals surface area contributed by atoms with Crippen LogP contribution in [-0.2, 0) is 4.84 Å². The average Bonchev–Trinajstić information content (AvgIpc) is 3.09. The molecule has 0 bridgehead atoms. The molecule has 0 aliphatic heterocycles. The Morgan fingerprint density at radius 1 is 1.24 bits per heavy atom. The summed E-state index contributed by atoms with van der Waals surface area (Å²) in [6.45, 7) is 5.96. The summed E-state index contributed by atoms with van der Waals surface area (Å²) in [5, 5.41) is 11.1. The van der Waals surface area contributed by atoms with Crippen molar-refractivity contribution < 1.29 is 13.7 Å². The van der Waals surface area contributed by atoms with Gasteiger partial charge in [-0.25, -0.2) is 15.1 Å². The smallest absolute Gasteiger partial charge is 0.276 e. The molecule has 3 aromatic rings. The van der Waals surface area contributed by atoms with E-state index >= 15 is 0 Å². The highest BCUT2D eigenvalue weighted by atomic mass is 35.5. The number of carbonyl (C=O) groups excluding carboxylic acids is 1. The van der Waals surface area contributed by atoms with Gasteiger partial charge >= 0.3 is 0 Å². The minimum absolute atomic E-state index is 0.151. The molecular weight excluding hydrogens is 392 g/mol. The molecule has 0 fully saturated rings. The minimum Gasteiger partial charge on any atom is -0.353 e. The van der Waals surface area contributed by atoms with E-state index in [2.05, 4.69) is 25.6 Å². The molecule has 0 unspecified atom stereocenters. The van der Waals surface area contributed by atoms with Crippen molar-refractivity contribution in [1.82, 2.24) is 20.2 Å². The second kappa shape index (κ2) is 8.93. The van der Waals surface area contributed by atoms with E-state index in [-0.39, 0.29) is 11.6 Å². The summed E-state index contributed by atoms with van der Waals surface area (Å²) in [6, 6.07) is 10.3. The molecule has 0 atom stereocenters. The number of nitrogens with zero attached hydrogens (tertiary/aromatic N) is 3. The van der Waals surface area contributed by atoms with Crippen LogP contribution in [0.2, 0.25) is 5.02 Å². The van der Waals surface area contributed by atoms with Crippen LogP contribution in [0.1, 0.15) is 40.1 Å². The highest BCUT2D eigenvalue weighted by Crippen LogP contribution is 2.30. The molecule has 8 nitrogen and oxygen atoms in total. The van der Waals surface area contributed by atoms with Crippen LogP contribution in [0.4, 0.5) is 23.0 Å². The molecule has 0 radical (unpaired) electrons. The highest BCUT2D eigenvalue weighted by molar-refractivity contribution is 6.33. The summed E-state index contributed by atoms with van der Waals surface area (Å²) < 4.78 is 23.0. The van der Waals surface area contributed by atoms with Crippen molar-refractivity contribution in [2.45, 2.75) is 26.8 Å². The molecule has 3 rings (SSSR count). The van der Waals surface area contributed by atoms with Crippen LogP contribution in [0.3, 0.4) is 0 Å². The third-order valence-electron chi connectivity index (χ3n) is 4.04. The zero-order chi connectivity index (χ0) is 23.5. The highest BCUT2D eigenvalue weighted by Gasteiger charge is 2.14. The standard InChI is InChI=1S/C20H23ClN6O2/c1-12(2)27-19(9-13(3)25-27)24-18-10-17(15(21)11-22-18)23-16-8-6-5-7-14(16)20(28)26-29-4/h5-12H,1-4H3,(H,26,28)(H2,22,23,24)/i4D3. The predicted octanol–water partition coefficient (Wildman–Crippen LogP) is 4.60. The fourth-order valence-corrected chi connectivity index (χ4v) is 2.92. The van der Waals surface area contributed by atoms with Gasteiger partial charge < -0.3 is 10.6 Å². The topological polar surface area (TPSA) is 93.1 Å². The molecule has 29 heavy (non-hydrogen) atoms. The molecule has 0 saturated carbocycles. The summed E-state index contributed by atoms with van der Waals surface area (Å²) in [7, 11) is -2.76. The predicted molar refractivity (Wildman–Crippen MR) is 114 cm³/mol. The molecule has 2 heterocycles. The van der Waals surface area contributed by atoms with Gasteiger partial charge in [-0.2, -0.15) is 5.10 Å². The lowest BCUT2D eigenvalue weighted by molar-refractivity contribution is 0.0538. The van der Waals surface area contributed by atoms with E-state index in [0.29, 0.717) is 22.2 Å². The first-order valence-corrected chi connectivity index (χ1v) is 9.24. The normalized spacial score (nSPS) is 12.8. The molecule has 1 amide bonds. The van der Waals surface area contributed by atoms with Gasteiger partial charge in [0, 0.05) is 18.2 Å². The third-order valence-corrected chi connectivity index (χ3v) is 4.34. The Labute approximate surface area is 178 Å². The van der Waals surface area contributed by atoms with Gasteiger partial charge in [-0.15, -0.1) is 0 Å². The third kappa shape index (κ3) is 4.85. The van der Waals surface area contributed by atoms with E-state index in [1.54, 1.807) is 24.3 Å². The Morgan fingerprint density at radius 3 is 2.79 bits per heavy atom. The maximum Gasteiger partial charge on any atom is 0.276 e. The van der Waals surface area contributed by atoms with Crippen LogP contribution >= 0.6 is 11.6 Å². The van der Waals surface area contributed by atoms with Crippen molar-refractivity contribution in [3.63, 3.8) is 0 Å². The largest absolute Gasteiger partial charge is 0.353 e. The first-order chi connectivity index (χ1) is 15.0. The molecule has 2 aromatic heterocycles. The molecule has 0 saturated heterocycles. The number of aromatic nitrogens is 3. The second-order valence-corrected chi connectivity index (χ2v) is 6.99. The number of hydrogen-bond donors (Lipinski definition) is 3. The van der Waals surface area contributed by atoms with Crippen molar-refractivity contribution in [2.24, 2.45) is 0 Å². The number of para-hydroxylation sites is 1. The van der Waals surface area contributed by atoms with Crippen LogP contribution in [0, 0.1) is 6.92 Å². The molecule has 152 valence electrons. The number of carbonyl (C=O) groups is 1. The van der Waals surface area contributed by atoms with Gasteiger partial charge in [0.2, 0.25) is 0 Å². The van der Waals surface area contributed by atoms with E-state index in [4.69, 9.17) is 15.7 Å². The maximum absolute atomic E-state index is 12.4. The van der Waals surface area contributed by atoms with Gasteiger partial charge in [0.05, 0.1) is 45.0 Å². The number of amides is 1. The molecule has 0 spiro atoms. The van der Waals surface area contributed by atoms with Crippen LogP contribution in [0.25, 0.3) is 0 Å². The summed E-state index contributed by atoms with van der Waals surface area (Å²) in [5.74, 6) is 0.579. The van der Waals surface area contributed by atoms with E-state index in [0.717, 1.165) is 11.5 Å². The molecule has 0 aliphatic carbocycles. The number of halogens is 1. The SMILES string of the molecule is [2H]C([2H])([2H])ONC(=O)c1ccccc1Nc1cc(Nc2cc(C)nn2C(C)C)ncc1Cl. The summed E-state index contributed by atoms with van der Waals surface area (Å²) in [4.78, 5) is 21.1. The first kappa shape index (κ1) is 16.8. The molecule has 1 aromatic carbocycles. The summed E-state index contributed by atoms with van der Waals surface area (Å²) >= 11 is 6.32. The lowest BCUT2D eigenvalue weighted by Crippen LogP contribution is -2.22. The minimum atomic E-state index is -2.76. The Bertz CT molecular complexity index is 1120. The molecular formula is C20H23ClN6O2. The fraction of sp³-hybridized carbons (Fsp3) is 0.250. The van der Waals surface area contributed by atoms with Crippen molar-refractivity contribution in [3.05, 3.63) is 58.9 Å². The van der Waals surface area contributed by atoms with Crippen LogP contribution in [0.5, 0.6) is 0 Å². The monoisotopic (exact) mass is 417 g/mol. The number of hydrogen-bond acceptors (Lipinski definition) is 6. The Hall–Kier alpha value is -3.10. The van der Waals surface area contributed by atoms with Crippen molar-refractivity contribution in [2.75, 3.05) is 17.7 Å². The van der Waals surface area contributed by atoms with Gasteiger partial charge in [0.1, 0.15) is 11.6 Å². The Balaban J connectivity index is 1.84. The number of rotatable bonds is 7. The van der Waals surface area contributed by atoms with Crippen molar-refractivity contribution in [3.8, 4) is 0 Å². The number of pyridine rings is 1. The number of nitrogens with one attached hydrogen (secondary N) is 3. The number of aryl methyl sites for hydroxylation is 1. The summed E-state index contributed by atoms with van der Waals surface area (Å²) in [6.07, 6.45) is 1.48. The van der Waals surface area contributed by atoms with Gasteiger partial charge in [-0.05, 0) is 32.9 Å². The van der Waals surface area contributed by atoms with Crippen molar-refractivity contribution in [1.29, 1.82) is 0 Å². The summed E-state index contributed by atoms with van der Waals surface area (Å²) in [5.41, 5.74) is 3.87.